The molecule has 1 nitrogen and oxygen atoms in total. The molecule has 0 aliphatic rings. The molecule has 0 saturated heterocycles. The SMILES string of the molecule is CNCC[C@H](CCc1cccc2ccccc12)c1cccs1. The molecule has 0 saturated carbocycles. The maximum atomic E-state index is 3.29. The number of nitrogens with one attached hydrogen (secondary N) is 1. The Morgan fingerprint density at radius 3 is 2.64 bits per heavy atom. The number of aryl methyl sites for hydroxylation is 1. The summed E-state index contributed by atoms with van der Waals surface area (Å²) in [5.41, 5.74) is 1.48. The number of hydrogen-bond donors (Lipinski definition) is 1. The Hall–Kier alpha value is -1.64. The van der Waals surface area contributed by atoms with Crippen molar-refractivity contribution >= 4 is 22.1 Å². The molecule has 2 heteroatoms. The van der Waals surface area contributed by atoms with E-state index in [9.17, 15) is 0 Å². The molecule has 0 unspecified atom stereocenters. The first-order valence-corrected chi connectivity index (χ1v) is 8.91. The molecule has 2 aromatic carbocycles. The van der Waals surface area contributed by atoms with E-state index in [1.54, 1.807) is 0 Å². The molecule has 0 aliphatic carbocycles. The van der Waals surface area contributed by atoms with Crippen LogP contribution in [-0.4, -0.2) is 13.6 Å². The molecule has 114 valence electrons. The first-order chi connectivity index (χ1) is 10.9. The normalized spacial score (nSPS) is 12.6. The molecule has 3 rings (SSSR count). The molecular formula is C20H23NS. The second kappa shape index (κ2) is 7.57. The second-order valence-corrected chi connectivity index (χ2v) is 6.76. The maximum absolute atomic E-state index is 3.29. The summed E-state index contributed by atoms with van der Waals surface area (Å²) in [4.78, 5) is 1.52. The molecule has 0 bridgehead atoms. The third-order valence-electron chi connectivity index (χ3n) is 4.33. The summed E-state index contributed by atoms with van der Waals surface area (Å²) in [7, 11) is 2.04. The van der Waals surface area contributed by atoms with Crippen LogP contribution in [0.1, 0.15) is 29.2 Å². The fourth-order valence-electron chi connectivity index (χ4n) is 3.11. The van der Waals surface area contributed by atoms with Crippen LogP contribution in [0.5, 0.6) is 0 Å². The van der Waals surface area contributed by atoms with Crippen LogP contribution in [0, 0.1) is 0 Å². The van der Waals surface area contributed by atoms with Crippen molar-refractivity contribution in [3.63, 3.8) is 0 Å². The third kappa shape index (κ3) is 3.57. The van der Waals surface area contributed by atoms with Crippen molar-refractivity contribution in [2.45, 2.75) is 25.2 Å². The topological polar surface area (TPSA) is 12.0 Å². The molecule has 0 radical (unpaired) electrons. The predicted molar refractivity (Wildman–Crippen MR) is 97.9 cm³/mol. The molecule has 0 amide bonds. The van der Waals surface area contributed by atoms with Crippen LogP contribution in [0.3, 0.4) is 0 Å². The van der Waals surface area contributed by atoms with Crippen molar-refractivity contribution < 1.29 is 0 Å². The summed E-state index contributed by atoms with van der Waals surface area (Å²) in [5, 5.41) is 8.24. The quantitative estimate of drug-likeness (QED) is 0.630. The Kier molecular flexibility index (Phi) is 5.25. The standard InChI is InChI=1S/C20H23NS/c1-21-14-13-18(20-10-5-15-22-20)12-11-17-8-4-7-16-6-2-3-9-19(16)17/h2-10,15,18,21H,11-14H2,1H3/t18-/m0/s1. The van der Waals surface area contributed by atoms with Crippen LogP contribution in [0.15, 0.2) is 60.0 Å². The van der Waals surface area contributed by atoms with Gasteiger partial charge in [0.1, 0.15) is 0 Å². The summed E-state index contributed by atoms with van der Waals surface area (Å²) < 4.78 is 0. The highest BCUT2D eigenvalue weighted by atomic mass is 32.1. The van der Waals surface area contributed by atoms with E-state index in [0.717, 1.165) is 13.0 Å². The van der Waals surface area contributed by atoms with Crippen molar-refractivity contribution in [3.05, 3.63) is 70.4 Å². The molecule has 0 aliphatic heterocycles. The van der Waals surface area contributed by atoms with Crippen molar-refractivity contribution in [1.82, 2.24) is 5.32 Å². The zero-order valence-electron chi connectivity index (χ0n) is 13.1. The first-order valence-electron chi connectivity index (χ1n) is 8.03. The third-order valence-corrected chi connectivity index (χ3v) is 5.37. The van der Waals surface area contributed by atoms with Crippen LogP contribution < -0.4 is 5.32 Å². The fourth-order valence-corrected chi connectivity index (χ4v) is 4.01. The zero-order chi connectivity index (χ0) is 15.2. The molecule has 22 heavy (non-hydrogen) atoms. The lowest BCUT2D eigenvalue weighted by atomic mass is 9.93. The van der Waals surface area contributed by atoms with E-state index in [1.165, 1.54) is 34.1 Å². The summed E-state index contributed by atoms with van der Waals surface area (Å²) in [6.45, 7) is 1.08. The van der Waals surface area contributed by atoms with E-state index < -0.39 is 0 Å². The average molecular weight is 309 g/mol. The highest BCUT2D eigenvalue weighted by molar-refractivity contribution is 7.10. The van der Waals surface area contributed by atoms with Crippen LogP contribution in [0.25, 0.3) is 10.8 Å². The number of fused-ring (bicyclic) bond motifs is 1. The minimum atomic E-state index is 0.659. The van der Waals surface area contributed by atoms with Gasteiger partial charge in [0.05, 0.1) is 0 Å². The Bertz CT molecular complexity index is 697. The molecule has 1 aromatic heterocycles. The average Bonchev–Trinajstić information content (AvgIpc) is 3.09. The smallest absolute Gasteiger partial charge is 0.00767 e. The van der Waals surface area contributed by atoms with Crippen molar-refractivity contribution in [1.29, 1.82) is 0 Å². The van der Waals surface area contributed by atoms with Gasteiger partial charge >= 0.3 is 0 Å². The second-order valence-electron chi connectivity index (χ2n) is 5.78. The van der Waals surface area contributed by atoms with E-state index in [4.69, 9.17) is 0 Å². The van der Waals surface area contributed by atoms with Gasteiger partial charge in [0.15, 0.2) is 0 Å². The van der Waals surface area contributed by atoms with E-state index in [0.29, 0.717) is 5.92 Å². The lowest BCUT2D eigenvalue weighted by molar-refractivity contribution is 0.566. The zero-order valence-corrected chi connectivity index (χ0v) is 13.9. The monoisotopic (exact) mass is 309 g/mol. The van der Waals surface area contributed by atoms with Gasteiger partial charge in [-0.1, -0.05) is 48.5 Å². The van der Waals surface area contributed by atoms with Crippen LogP contribution in [0.2, 0.25) is 0 Å². The Morgan fingerprint density at radius 1 is 0.955 bits per heavy atom. The fraction of sp³-hybridized carbons (Fsp3) is 0.300. The molecule has 0 fully saturated rings. The van der Waals surface area contributed by atoms with Gasteiger partial charge in [0.2, 0.25) is 0 Å². The number of hydrogen-bond acceptors (Lipinski definition) is 2. The minimum absolute atomic E-state index is 0.659. The van der Waals surface area contributed by atoms with E-state index >= 15 is 0 Å². The van der Waals surface area contributed by atoms with E-state index in [1.807, 2.05) is 18.4 Å². The summed E-state index contributed by atoms with van der Waals surface area (Å²) in [6.07, 6.45) is 3.58. The molecular weight excluding hydrogens is 286 g/mol. The molecule has 1 heterocycles. The molecule has 0 spiro atoms. The van der Waals surface area contributed by atoms with E-state index in [2.05, 4.69) is 65.3 Å². The Balaban J connectivity index is 1.76. The lowest BCUT2D eigenvalue weighted by Crippen LogP contribution is -2.12. The van der Waals surface area contributed by atoms with E-state index in [-0.39, 0.29) is 0 Å². The lowest BCUT2D eigenvalue weighted by Gasteiger charge is -2.16. The largest absolute Gasteiger partial charge is 0.320 e. The summed E-state index contributed by atoms with van der Waals surface area (Å²) >= 11 is 1.89. The Morgan fingerprint density at radius 2 is 1.82 bits per heavy atom. The molecule has 1 N–H and O–H groups in total. The van der Waals surface area contributed by atoms with Crippen LogP contribution in [-0.2, 0) is 6.42 Å². The molecule has 3 aromatic rings. The van der Waals surface area contributed by atoms with Gasteiger partial charge in [0.25, 0.3) is 0 Å². The van der Waals surface area contributed by atoms with Gasteiger partial charge in [-0.25, -0.2) is 0 Å². The van der Waals surface area contributed by atoms with Gasteiger partial charge in [-0.05, 0) is 66.6 Å². The van der Waals surface area contributed by atoms with Crippen molar-refractivity contribution in [2.24, 2.45) is 0 Å². The number of thiophene rings is 1. The van der Waals surface area contributed by atoms with Gasteiger partial charge in [-0.3, -0.25) is 0 Å². The van der Waals surface area contributed by atoms with Gasteiger partial charge in [-0.2, -0.15) is 0 Å². The van der Waals surface area contributed by atoms with Gasteiger partial charge < -0.3 is 5.32 Å². The highest BCUT2D eigenvalue weighted by Crippen LogP contribution is 2.30. The summed E-state index contributed by atoms with van der Waals surface area (Å²) in [6, 6.07) is 19.8. The highest BCUT2D eigenvalue weighted by Gasteiger charge is 2.13. The van der Waals surface area contributed by atoms with Crippen molar-refractivity contribution in [3.8, 4) is 0 Å². The van der Waals surface area contributed by atoms with Crippen molar-refractivity contribution in [2.75, 3.05) is 13.6 Å². The molecule has 1 atom stereocenters. The summed E-state index contributed by atoms with van der Waals surface area (Å²) in [5.74, 6) is 0.659. The maximum Gasteiger partial charge on any atom is 0.00767 e. The predicted octanol–water partition coefficient (Wildman–Crippen LogP) is 5.23. The number of benzene rings is 2. The minimum Gasteiger partial charge on any atom is -0.320 e. The number of rotatable bonds is 7. The first kappa shape index (κ1) is 15.3. The van der Waals surface area contributed by atoms with Gasteiger partial charge in [-0.15, -0.1) is 11.3 Å². The Labute approximate surface area is 137 Å². The van der Waals surface area contributed by atoms with Gasteiger partial charge in [0, 0.05) is 4.88 Å². The van der Waals surface area contributed by atoms with Crippen LogP contribution in [0.4, 0.5) is 0 Å². The van der Waals surface area contributed by atoms with Crippen LogP contribution >= 0.6 is 11.3 Å².